The van der Waals surface area contributed by atoms with Gasteiger partial charge in [-0.05, 0) is 133 Å². The lowest BCUT2D eigenvalue weighted by Gasteiger charge is -2.24. The number of hydrogen-bond donors (Lipinski definition) is 3. The van der Waals surface area contributed by atoms with E-state index in [0.29, 0.717) is 72.2 Å². The van der Waals surface area contributed by atoms with Crippen LogP contribution in [0.2, 0.25) is 10.0 Å². The number of Topliss-reactive ketones (excluding diaryl/α,β-unsaturated/α-hetero) is 3. The Hall–Kier alpha value is -14.6. The molecule has 0 saturated heterocycles. The highest BCUT2D eigenvalue weighted by Gasteiger charge is 2.35. The molecule has 0 fully saturated rings. The largest absolute Gasteiger partial charge is 0.497 e. The summed E-state index contributed by atoms with van der Waals surface area (Å²) in [5, 5.41) is 20.4. The van der Waals surface area contributed by atoms with Gasteiger partial charge >= 0.3 is 17.9 Å². The lowest BCUT2D eigenvalue weighted by Crippen LogP contribution is -2.46. The van der Waals surface area contributed by atoms with Crippen LogP contribution in [0.4, 0.5) is 5.69 Å². The van der Waals surface area contributed by atoms with E-state index in [0.717, 1.165) is 33.9 Å². The number of esters is 3. The van der Waals surface area contributed by atoms with E-state index in [4.69, 9.17) is 61.1 Å². The number of nitrogens with one attached hydrogen (secondary N) is 3. The van der Waals surface area contributed by atoms with Crippen molar-refractivity contribution in [1.82, 2.24) is 30.7 Å². The fourth-order valence-corrected chi connectivity index (χ4v) is 14.3. The van der Waals surface area contributed by atoms with E-state index in [1.807, 2.05) is 103 Å². The molecule has 0 bridgehead atoms. The van der Waals surface area contributed by atoms with Gasteiger partial charge in [-0.25, -0.2) is 14.4 Å². The summed E-state index contributed by atoms with van der Waals surface area (Å²) in [6, 6.07) is 52.4. The van der Waals surface area contributed by atoms with Crippen LogP contribution < -0.4 is 39.6 Å². The first-order valence-corrected chi connectivity index (χ1v) is 44.6. The Labute approximate surface area is 804 Å². The van der Waals surface area contributed by atoms with Crippen molar-refractivity contribution in [2.75, 3.05) is 81.5 Å². The van der Waals surface area contributed by atoms with Crippen LogP contribution in [0.25, 0.3) is 0 Å². The summed E-state index contributed by atoms with van der Waals surface area (Å²) >= 11 is 12.2. The van der Waals surface area contributed by atoms with Gasteiger partial charge in [-0.15, -0.1) is 19.7 Å². The first-order chi connectivity index (χ1) is 65.5. The monoisotopic (exact) mass is 1900 g/mol. The number of carbonyl (C=O) groups excluding carboxylic acids is 12. The predicted molar refractivity (Wildman–Crippen MR) is 520 cm³/mol. The number of rotatable bonds is 56. The first kappa shape index (κ1) is 110. The average molecular weight is 1900 g/mol. The maximum atomic E-state index is 13.8. The zero-order valence-corrected chi connectivity index (χ0v) is 79.0. The van der Waals surface area contributed by atoms with Gasteiger partial charge in [-0.3, -0.25) is 53.3 Å². The van der Waals surface area contributed by atoms with Crippen LogP contribution in [0.3, 0.4) is 0 Å². The van der Waals surface area contributed by atoms with Crippen molar-refractivity contribution in [2.45, 2.75) is 115 Å². The zero-order valence-electron chi connectivity index (χ0n) is 77.5. The van der Waals surface area contributed by atoms with Crippen molar-refractivity contribution >= 4 is 99.6 Å². The van der Waals surface area contributed by atoms with Gasteiger partial charge in [-0.1, -0.05) is 202 Å². The van der Waals surface area contributed by atoms with Gasteiger partial charge in [0, 0.05) is 118 Å². The summed E-state index contributed by atoms with van der Waals surface area (Å²) < 4.78 is 41.9. The summed E-state index contributed by atoms with van der Waals surface area (Å²) in [4.78, 5) is 174. The second-order valence-corrected chi connectivity index (χ2v) is 32.0. The Bertz CT molecular complexity index is 5370. The van der Waals surface area contributed by atoms with Gasteiger partial charge in [0.2, 0.25) is 35.4 Å². The summed E-state index contributed by atoms with van der Waals surface area (Å²) in [7, 11) is 6.75. The van der Waals surface area contributed by atoms with E-state index < -0.39 is 82.2 Å². The molecule has 0 heterocycles. The third-order valence-electron chi connectivity index (χ3n) is 21.3. The van der Waals surface area contributed by atoms with Gasteiger partial charge in [0.25, 0.3) is 5.69 Å². The number of ketones is 3. The van der Waals surface area contributed by atoms with E-state index in [1.165, 1.54) is 51.7 Å². The molecule has 6 amide bonds. The lowest BCUT2D eigenvalue weighted by molar-refractivity contribution is -0.384. The van der Waals surface area contributed by atoms with Crippen molar-refractivity contribution in [1.29, 1.82) is 0 Å². The van der Waals surface area contributed by atoms with Crippen LogP contribution in [0, 0.1) is 27.9 Å². The predicted octanol–water partition coefficient (Wildman–Crippen LogP) is 16.1. The fraction of sp³-hybridized carbons (Fsp3) is 0.314. The molecular weight excluding hydrogens is 1780 g/mol. The highest BCUT2D eigenvalue weighted by Crippen LogP contribution is 2.32. The number of ether oxygens (including phenoxy) is 8. The summed E-state index contributed by atoms with van der Waals surface area (Å²) in [6.07, 6.45) is 9.68. The fourth-order valence-electron chi connectivity index (χ4n) is 14.0. The number of nitro benzene ring substituents is 1. The van der Waals surface area contributed by atoms with Crippen LogP contribution in [-0.4, -0.2) is 190 Å². The van der Waals surface area contributed by atoms with E-state index >= 15 is 0 Å². The number of nitro groups is 1. The van der Waals surface area contributed by atoms with E-state index in [2.05, 4.69) is 55.4 Å². The van der Waals surface area contributed by atoms with Crippen LogP contribution >= 0.6 is 23.2 Å². The van der Waals surface area contributed by atoms with Gasteiger partial charge < -0.3 is 68.5 Å². The van der Waals surface area contributed by atoms with Gasteiger partial charge in [0.05, 0.1) is 57.2 Å². The molecule has 8 rings (SSSR count). The number of non-ortho nitro benzene ring substituents is 1. The summed E-state index contributed by atoms with van der Waals surface area (Å²) in [6.45, 7) is 26.1. The minimum absolute atomic E-state index is 0.000262. The first-order valence-electron chi connectivity index (χ1n) is 43.8. The minimum Gasteiger partial charge on any atom is -0.497 e. The topological polar surface area (TPSA) is 368 Å². The average Bonchev–Trinajstić information content (AvgIpc) is 0.812. The van der Waals surface area contributed by atoms with Crippen LogP contribution in [0.15, 0.2) is 270 Å². The van der Waals surface area contributed by atoms with Gasteiger partial charge in [0.1, 0.15) is 66.7 Å². The summed E-state index contributed by atoms with van der Waals surface area (Å²) in [5.41, 5.74) is 4.65. The van der Waals surface area contributed by atoms with E-state index in [1.54, 1.807) is 127 Å². The molecule has 0 aliphatic carbocycles. The molecule has 0 aliphatic heterocycles. The highest BCUT2D eigenvalue weighted by molar-refractivity contribution is 6.31. The zero-order chi connectivity index (χ0) is 99.4. The Morgan fingerprint density at radius 2 is 0.750 bits per heavy atom. The SMILES string of the molecule is C=CCOc1cc(Cl)ccc1C(=O)C[C@H](C)C(=O)N[C@@H](CCC(=O)N(CC=C)Cc1ccc(OC)cc1)C(=O)OC.C=CCOc1cc(Cl)ccc1C(=O)C[C@H](Cc1ccccc1)C(=O)N[C@@H](CCC(=O)N(CC=C)CCc1ccccc1)C(=O)OC.C=CCOc1ccc([N+](=O)[O-])cc1C(=O)C[C@H](Cc1ccccc1)C(=O)N[C@@H](CCC(=O)N(CC=C)Cc1ccc(OC)cc1)C(=O)OC. The number of hydrogen-bond acceptors (Lipinski definition) is 22. The molecule has 8 aromatic rings. The smallest absolute Gasteiger partial charge is 0.328 e. The molecule has 29 nitrogen and oxygen atoms in total. The molecule has 136 heavy (non-hydrogen) atoms. The van der Waals surface area contributed by atoms with Gasteiger partial charge in [0.15, 0.2) is 17.3 Å². The Morgan fingerprint density at radius 1 is 0.397 bits per heavy atom. The van der Waals surface area contributed by atoms with Crippen molar-refractivity contribution in [3.05, 3.63) is 335 Å². The quantitative estimate of drug-likeness (QED) is 0.00796. The normalized spacial score (nSPS) is 11.8. The number of amides is 6. The van der Waals surface area contributed by atoms with E-state index in [9.17, 15) is 67.6 Å². The molecule has 0 aromatic heterocycles. The highest BCUT2D eigenvalue weighted by atomic mass is 35.5. The van der Waals surface area contributed by atoms with Crippen LogP contribution in [-0.2, 0) is 89.7 Å². The maximum Gasteiger partial charge on any atom is 0.328 e. The Kier molecular flexibility index (Phi) is 48.5. The molecule has 3 N–H and O–H groups in total. The molecule has 0 saturated carbocycles. The number of halogens is 2. The van der Waals surface area contributed by atoms with Gasteiger partial charge in [-0.2, -0.15) is 0 Å². The molecule has 0 spiro atoms. The Morgan fingerprint density at radius 3 is 1.12 bits per heavy atom. The van der Waals surface area contributed by atoms with Crippen molar-refractivity contribution in [2.24, 2.45) is 17.8 Å². The molecule has 0 aliphatic rings. The van der Waals surface area contributed by atoms with Crippen molar-refractivity contribution in [3.8, 4) is 28.7 Å². The third-order valence-corrected chi connectivity index (χ3v) is 21.7. The number of carbonyl (C=O) groups is 12. The minimum atomic E-state index is -1.19. The number of nitrogens with zero attached hydrogens (tertiary/aromatic N) is 4. The second-order valence-electron chi connectivity index (χ2n) is 31.1. The number of methoxy groups -OCH3 is 5. The molecule has 6 atom stereocenters. The molecule has 0 unspecified atom stereocenters. The van der Waals surface area contributed by atoms with Crippen molar-refractivity contribution < 1.29 is 100 Å². The molecule has 720 valence electrons. The molecular formula is C105H119Cl2N7O22. The third kappa shape index (κ3) is 37.5. The van der Waals surface area contributed by atoms with E-state index in [-0.39, 0.29) is 154 Å². The van der Waals surface area contributed by atoms with Crippen molar-refractivity contribution in [3.63, 3.8) is 0 Å². The summed E-state index contributed by atoms with van der Waals surface area (Å²) in [5.74, 6) is -6.17. The molecule has 31 heteroatoms. The van der Waals surface area contributed by atoms with Crippen LogP contribution in [0.5, 0.6) is 28.7 Å². The van der Waals surface area contributed by atoms with Crippen LogP contribution in [0.1, 0.15) is 124 Å². The Balaban J connectivity index is 0.000000315. The molecule has 8 aromatic carbocycles. The standard InChI is InChI=1S/C37H41ClN2O6.C37H41N3O9.C31H37ClN2O7/c1-4-21-40(22-20-27-12-8-6-9-13-27)35(42)19-18-32(37(44)45-3)39-36(43)29(24-28-14-10-7-11-15-28)25-33(41)31-17-16-30(38)26-34(31)46-23-5-2;1-5-20-39(25-27-12-15-30(47-3)16-13-27)35(42)19-17-32(37(44)48-4)38-36(43)28(22-26-10-8-7-9-11-26)23-33(41)31-24-29(40(45)46)14-18-34(31)49-21-6-2;1-6-16-34(20-22-8-11-24(39-4)12-9-22)29(36)15-14-26(31(38)40-5)33-30(37)21(3)18-27(35)25-13-10-23(32)19-28(25)41-17-7-2/h4-17,26,29,32H,1-2,18-25H2,3H3,(H,39,43);5-16,18,24,28,32H,1-2,17,19-23,25H2,3-4H3,(H,38,43);6-13,19,21,26H,1-2,14-18,20H2,3-5H3,(H,33,37)/t29-,32-;28-,32-;21-,26-/m000/s1. The number of benzene rings is 8. The maximum absolute atomic E-state index is 13.8. The molecule has 0 radical (unpaired) electrons. The second kappa shape index (κ2) is 59.8. The lowest BCUT2D eigenvalue weighted by atomic mass is 9.90.